The third kappa shape index (κ3) is 3.48. The molecule has 0 spiro atoms. The monoisotopic (exact) mass is 278 g/mol. The number of nitrogens with zero attached hydrogens (tertiary/aromatic N) is 3. The average Bonchev–Trinajstić information content (AvgIpc) is 2.81. The van der Waals surface area contributed by atoms with E-state index in [-0.39, 0.29) is 5.75 Å². The number of aromatic hydroxyl groups is 1. The number of phenolic OH excluding ortho intramolecular Hbond substituents is 1. The molecule has 0 unspecified atom stereocenters. The predicted octanol–water partition coefficient (Wildman–Crippen LogP) is 2.14. The lowest BCUT2D eigenvalue weighted by Crippen LogP contribution is -2.09. The van der Waals surface area contributed by atoms with Crippen LogP contribution < -0.4 is 5.73 Å². The molecule has 2 rings (SSSR count). The summed E-state index contributed by atoms with van der Waals surface area (Å²) in [4.78, 5) is 0. The molecule has 2 aromatic rings. The molecular weight excluding hydrogens is 260 g/mol. The zero-order chi connectivity index (χ0) is 13.7. The molecule has 0 fully saturated rings. The highest BCUT2D eigenvalue weighted by Gasteiger charge is 2.10. The number of hydrogen-bond donors (Lipinski definition) is 2. The van der Waals surface area contributed by atoms with Crippen LogP contribution in [0.2, 0.25) is 0 Å². The fourth-order valence-electron chi connectivity index (χ4n) is 1.77. The number of thioether (sulfide) groups is 1. The standard InChI is InChI=1S/C13H18N4OS/c1-2-7-17-12(8-14)15-16-13(17)19-9-10-3-5-11(18)6-4-10/h3-6,18H,2,7-9,14H2,1H3. The molecular formula is C13H18N4OS. The van der Waals surface area contributed by atoms with E-state index in [4.69, 9.17) is 5.73 Å². The Morgan fingerprint density at radius 3 is 2.63 bits per heavy atom. The summed E-state index contributed by atoms with van der Waals surface area (Å²) in [5.41, 5.74) is 6.80. The summed E-state index contributed by atoms with van der Waals surface area (Å²) < 4.78 is 2.07. The molecule has 3 N–H and O–H groups in total. The van der Waals surface area contributed by atoms with Crippen LogP contribution in [-0.4, -0.2) is 19.9 Å². The van der Waals surface area contributed by atoms with Gasteiger partial charge in [0.2, 0.25) is 0 Å². The first kappa shape index (κ1) is 13.9. The second-order valence-corrected chi connectivity index (χ2v) is 5.15. The molecule has 1 aromatic carbocycles. The van der Waals surface area contributed by atoms with Gasteiger partial charge in [0.15, 0.2) is 5.16 Å². The molecule has 0 aliphatic heterocycles. The van der Waals surface area contributed by atoms with E-state index in [9.17, 15) is 5.11 Å². The Morgan fingerprint density at radius 1 is 1.26 bits per heavy atom. The van der Waals surface area contributed by atoms with Crippen molar-refractivity contribution < 1.29 is 5.11 Å². The lowest BCUT2D eigenvalue weighted by molar-refractivity contribution is 0.475. The van der Waals surface area contributed by atoms with E-state index in [1.807, 2.05) is 12.1 Å². The third-order valence-corrected chi connectivity index (χ3v) is 3.77. The SMILES string of the molecule is CCCn1c(CN)nnc1SCc1ccc(O)cc1. The Bertz CT molecular complexity index is 524. The van der Waals surface area contributed by atoms with E-state index in [1.165, 1.54) is 0 Å². The highest BCUT2D eigenvalue weighted by molar-refractivity contribution is 7.98. The first-order valence-electron chi connectivity index (χ1n) is 6.27. The molecule has 0 saturated heterocycles. The second kappa shape index (κ2) is 6.58. The highest BCUT2D eigenvalue weighted by atomic mass is 32.2. The molecule has 1 aromatic heterocycles. The van der Waals surface area contributed by atoms with Gasteiger partial charge in [-0.1, -0.05) is 30.8 Å². The molecule has 0 bridgehead atoms. The molecule has 0 aliphatic rings. The van der Waals surface area contributed by atoms with Crippen LogP contribution in [-0.2, 0) is 18.8 Å². The van der Waals surface area contributed by atoms with E-state index in [0.717, 1.165) is 35.3 Å². The molecule has 0 amide bonds. The smallest absolute Gasteiger partial charge is 0.191 e. The number of nitrogens with two attached hydrogens (primary N) is 1. The van der Waals surface area contributed by atoms with Crippen LogP contribution in [0, 0.1) is 0 Å². The third-order valence-electron chi connectivity index (χ3n) is 2.73. The van der Waals surface area contributed by atoms with Crippen LogP contribution in [0.4, 0.5) is 0 Å². The first-order chi connectivity index (χ1) is 9.24. The Hall–Kier alpha value is -1.53. The lowest BCUT2D eigenvalue weighted by atomic mass is 10.2. The van der Waals surface area contributed by atoms with Crippen molar-refractivity contribution >= 4 is 11.8 Å². The van der Waals surface area contributed by atoms with Gasteiger partial charge in [-0.25, -0.2) is 0 Å². The fourth-order valence-corrected chi connectivity index (χ4v) is 2.70. The summed E-state index contributed by atoms with van der Waals surface area (Å²) in [6, 6.07) is 7.20. The normalized spacial score (nSPS) is 10.8. The number of hydrogen-bond acceptors (Lipinski definition) is 5. The minimum atomic E-state index is 0.285. The maximum atomic E-state index is 9.24. The van der Waals surface area contributed by atoms with Gasteiger partial charge in [-0.05, 0) is 24.1 Å². The first-order valence-corrected chi connectivity index (χ1v) is 7.26. The molecule has 6 heteroatoms. The van der Waals surface area contributed by atoms with Crippen molar-refractivity contribution in [1.29, 1.82) is 0 Å². The van der Waals surface area contributed by atoms with Gasteiger partial charge in [-0.15, -0.1) is 10.2 Å². The van der Waals surface area contributed by atoms with Crippen molar-refractivity contribution in [2.45, 2.75) is 37.3 Å². The van der Waals surface area contributed by atoms with E-state index >= 15 is 0 Å². The summed E-state index contributed by atoms with van der Waals surface area (Å²) >= 11 is 1.63. The largest absolute Gasteiger partial charge is 0.508 e. The summed E-state index contributed by atoms with van der Waals surface area (Å²) in [7, 11) is 0. The summed E-state index contributed by atoms with van der Waals surface area (Å²) in [6.45, 7) is 3.42. The van der Waals surface area contributed by atoms with Gasteiger partial charge in [-0.2, -0.15) is 0 Å². The van der Waals surface area contributed by atoms with Crippen LogP contribution in [0.3, 0.4) is 0 Å². The molecule has 0 radical (unpaired) electrons. The van der Waals surface area contributed by atoms with Crippen LogP contribution >= 0.6 is 11.8 Å². The van der Waals surface area contributed by atoms with Crippen LogP contribution in [0.25, 0.3) is 0 Å². The molecule has 1 heterocycles. The van der Waals surface area contributed by atoms with Gasteiger partial charge in [0.1, 0.15) is 11.6 Å². The van der Waals surface area contributed by atoms with E-state index < -0.39 is 0 Å². The minimum absolute atomic E-state index is 0.285. The van der Waals surface area contributed by atoms with E-state index in [1.54, 1.807) is 23.9 Å². The number of aromatic nitrogens is 3. The van der Waals surface area contributed by atoms with Crippen molar-refractivity contribution in [3.63, 3.8) is 0 Å². The Kier molecular flexibility index (Phi) is 4.81. The highest BCUT2D eigenvalue weighted by Crippen LogP contribution is 2.23. The number of benzene rings is 1. The van der Waals surface area contributed by atoms with Crippen molar-refractivity contribution in [2.24, 2.45) is 5.73 Å². The van der Waals surface area contributed by atoms with Crippen molar-refractivity contribution in [2.75, 3.05) is 0 Å². The minimum Gasteiger partial charge on any atom is -0.508 e. The van der Waals surface area contributed by atoms with E-state index in [0.29, 0.717) is 6.54 Å². The van der Waals surface area contributed by atoms with Crippen molar-refractivity contribution in [3.8, 4) is 5.75 Å². The molecule has 0 atom stereocenters. The molecule has 0 saturated carbocycles. The average molecular weight is 278 g/mol. The number of rotatable bonds is 6. The Morgan fingerprint density at radius 2 is 2.00 bits per heavy atom. The van der Waals surface area contributed by atoms with Gasteiger partial charge >= 0.3 is 0 Å². The Balaban J connectivity index is 2.06. The quantitative estimate of drug-likeness (QED) is 0.792. The summed E-state index contributed by atoms with van der Waals surface area (Å²) in [6.07, 6.45) is 1.03. The second-order valence-electron chi connectivity index (χ2n) is 4.21. The van der Waals surface area contributed by atoms with E-state index in [2.05, 4.69) is 21.7 Å². The lowest BCUT2D eigenvalue weighted by Gasteiger charge is -2.07. The molecule has 5 nitrogen and oxygen atoms in total. The van der Waals surface area contributed by atoms with Gasteiger partial charge in [0, 0.05) is 12.3 Å². The van der Waals surface area contributed by atoms with Gasteiger partial charge in [0.05, 0.1) is 6.54 Å². The van der Waals surface area contributed by atoms with Crippen molar-refractivity contribution in [1.82, 2.24) is 14.8 Å². The maximum Gasteiger partial charge on any atom is 0.191 e. The van der Waals surface area contributed by atoms with Gasteiger partial charge < -0.3 is 15.4 Å². The van der Waals surface area contributed by atoms with Crippen molar-refractivity contribution in [3.05, 3.63) is 35.7 Å². The van der Waals surface area contributed by atoms with Gasteiger partial charge in [0.25, 0.3) is 0 Å². The Labute approximate surface area is 116 Å². The maximum absolute atomic E-state index is 9.24. The van der Waals surface area contributed by atoms with Crippen LogP contribution in [0.15, 0.2) is 29.4 Å². The topological polar surface area (TPSA) is 77.0 Å². The fraction of sp³-hybridized carbons (Fsp3) is 0.385. The zero-order valence-electron chi connectivity index (χ0n) is 10.9. The molecule has 0 aliphatic carbocycles. The summed E-state index contributed by atoms with van der Waals surface area (Å²) in [5.74, 6) is 1.91. The van der Waals surface area contributed by atoms with Crippen LogP contribution in [0.5, 0.6) is 5.75 Å². The zero-order valence-corrected chi connectivity index (χ0v) is 11.7. The van der Waals surface area contributed by atoms with Crippen LogP contribution in [0.1, 0.15) is 24.7 Å². The predicted molar refractivity (Wildman–Crippen MR) is 75.9 cm³/mol. The number of phenols is 1. The van der Waals surface area contributed by atoms with Gasteiger partial charge in [-0.3, -0.25) is 0 Å². The molecule has 19 heavy (non-hydrogen) atoms. The summed E-state index contributed by atoms with van der Waals surface area (Å²) in [5, 5.41) is 18.4. The molecule has 102 valence electrons.